The van der Waals surface area contributed by atoms with E-state index in [-0.39, 0.29) is 0 Å². The van der Waals surface area contributed by atoms with E-state index in [9.17, 15) is 8.42 Å². The molecule has 0 saturated carbocycles. The molecule has 2 saturated heterocycles. The lowest BCUT2D eigenvalue weighted by Crippen LogP contribution is -2.47. The van der Waals surface area contributed by atoms with Crippen LogP contribution in [0.4, 0.5) is 0 Å². The van der Waals surface area contributed by atoms with Crippen LogP contribution in [0.2, 0.25) is 0 Å². The van der Waals surface area contributed by atoms with E-state index in [2.05, 4.69) is 17.0 Å². The van der Waals surface area contributed by atoms with Gasteiger partial charge in [0.05, 0.1) is 0 Å². The highest BCUT2D eigenvalue weighted by atomic mass is 32.2. The third-order valence-electron chi connectivity index (χ3n) is 4.36. The Kier molecular flexibility index (Phi) is 7.28. The Morgan fingerprint density at radius 3 is 2.52 bits per heavy atom. The van der Waals surface area contributed by atoms with Gasteiger partial charge in [-0.3, -0.25) is 0 Å². The molecule has 7 heteroatoms. The van der Waals surface area contributed by atoms with Crippen molar-refractivity contribution in [1.82, 2.24) is 14.3 Å². The number of nitrogens with zero attached hydrogens (tertiary/aromatic N) is 1. The van der Waals surface area contributed by atoms with Crippen molar-refractivity contribution >= 4 is 22.0 Å². The molecule has 1 unspecified atom stereocenters. The van der Waals surface area contributed by atoms with Crippen molar-refractivity contribution in [3.8, 4) is 0 Å². The van der Waals surface area contributed by atoms with E-state index in [1.165, 1.54) is 18.6 Å². The van der Waals surface area contributed by atoms with Crippen LogP contribution in [-0.2, 0) is 10.2 Å². The molecule has 0 spiro atoms. The SMILES string of the molecule is CCNCC1CCN(S(=O)(=O)NCC2CCCCS2)CC1. The van der Waals surface area contributed by atoms with E-state index in [4.69, 9.17) is 0 Å². The van der Waals surface area contributed by atoms with Crippen LogP contribution >= 0.6 is 11.8 Å². The van der Waals surface area contributed by atoms with Crippen LogP contribution in [0, 0.1) is 5.92 Å². The van der Waals surface area contributed by atoms with Gasteiger partial charge in [-0.25, -0.2) is 4.72 Å². The molecule has 124 valence electrons. The summed E-state index contributed by atoms with van der Waals surface area (Å²) < 4.78 is 29.1. The van der Waals surface area contributed by atoms with Gasteiger partial charge in [0.1, 0.15) is 0 Å². The van der Waals surface area contributed by atoms with E-state index >= 15 is 0 Å². The van der Waals surface area contributed by atoms with Crippen LogP contribution in [0.1, 0.15) is 39.0 Å². The first-order chi connectivity index (χ1) is 10.1. The highest BCUT2D eigenvalue weighted by molar-refractivity contribution is 8.00. The minimum Gasteiger partial charge on any atom is -0.317 e. The lowest BCUT2D eigenvalue weighted by atomic mass is 9.98. The molecule has 2 fully saturated rings. The molecule has 0 amide bonds. The fourth-order valence-electron chi connectivity index (χ4n) is 2.96. The van der Waals surface area contributed by atoms with Crippen molar-refractivity contribution in [1.29, 1.82) is 0 Å². The average molecular weight is 336 g/mol. The number of thioether (sulfide) groups is 1. The number of hydrogen-bond donors (Lipinski definition) is 2. The second kappa shape index (κ2) is 8.72. The zero-order chi connectivity index (χ0) is 15.1. The minimum atomic E-state index is -3.28. The molecule has 2 aliphatic rings. The maximum atomic E-state index is 12.3. The summed E-state index contributed by atoms with van der Waals surface area (Å²) in [7, 11) is -3.28. The minimum absolute atomic E-state index is 0.458. The molecule has 0 bridgehead atoms. The van der Waals surface area contributed by atoms with Crippen molar-refractivity contribution < 1.29 is 8.42 Å². The highest BCUT2D eigenvalue weighted by Crippen LogP contribution is 2.25. The standard InChI is InChI=1S/C14H29N3O2S2/c1-2-15-11-13-6-8-17(9-7-13)21(18,19)16-12-14-5-3-4-10-20-14/h13-16H,2-12H2,1H3. The Morgan fingerprint density at radius 1 is 1.14 bits per heavy atom. The van der Waals surface area contributed by atoms with Gasteiger partial charge in [-0.15, -0.1) is 0 Å². The van der Waals surface area contributed by atoms with Crippen molar-refractivity contribution in [3.05, 3.63) is 0 Å². The van der Waals surface area contributed by atoms with Gasteiger partial charge >= 0.3 is 0 Å². The van der Waals surface area contributed by atoms with E-state index in [1.807, 2.05) is 11.8 Å². The second-order valence-corrected chi connectivity index (χ2v) is 9.16. The van der Waals surface area contributed by atoms with Crippen LogP contribution in [0.15, 0.2) is 0 Å². The molecule has 0 aromatic rings. The molecule has 0 radical (unpaired) electrons. The molecule has 2 heterocycles. The largest absolute Gasteiger partial charge is 0.317 e. The Bertz CT molecular complexity index is 389. The normalized spacial score (nSPS) is 26.0. The predicted octanol–water partition coefficient (Wildman–Crippen LogP) is 1.43. The van der Waals surface area contributed by atoms with Crippen molar-refractivity contribution in [2.24, 2.45) is 5.92 Å². The summed E-state index contributed by atoms with van der Waals surface area (Å²) in [6, 6.07) is 0. The Morgan fingerprint density at radius 2 is 1.90 bits per heavy atom. The van der Waals surface area contributed by atoms with Gasteiger partial charge in [-0.05, 0) is 50.4 Å². The summed E-state index contributed by atoms with van der Waals surface area (Å²) in [6.07, 6.45) is 5.57. The van der Waals surface area contributed by atoms with Crippen LogP contribution in [0.3, 0.4) is 0 Å². The molecular formula is C14H29N3O2S2. The van der Waals surface area contributed by atoms with Crippen LogP contribution in [0.25, 0.3) is 0 Å². The average Bonchev–Trinajstić information content (AvgIpc) is 2.52. The number of rotatable bonds is 7. The fourth-order valence-corrected chi connectivity index (χ4v) is 5.59. The first kappa shape index (κ1) is 17.5. The molecular weight excluding hydrogens is 306 g/mol. The zero-order valence-corrected chi connectivity index (χ0v) is 14.6. The molecule has 2 rings (SSSR count). The highest BCUT2D eigenvalue weighted by Gasteiger charge is 2.28. The van der Waals surface area contributed by atoms with Gasteiger partial charge in [0.25, 0.3) is 10.2 Å². The Hall–Kier alpha value is 0.180. The number of nitrogens with one attached hydrogen (secondary N) is 2. The van der Waals surface area contributed by atoms with Gasteiger partial charge in [0.15, 0.2) is 0 Å². The van der Waals surface area contributed by atoms with Gasteiger partial charge in [0, 0.05) is 24.9 Å². The lowest BCUT2D eigenvalue weighted by Gasteiger charge is -2.32. The van der Waals surface area contributed by atoms with Crippen molar-refractivity contribution in [2.45, 2.75) is 44.3 Å². The van der Waals surface area contributed by atoms with Gasteiger partial charge in [-0.1, -0.05) is 13.3 Å². The first-order valence-corrected chi connectivity index (χ1v) is 10.7. The summed E-state index contributed by atoms with van der Waals surface area (Å²) in [6.45, 7) is 6.00. The van der Waals surface area contributed by atoms with Crippen molar-refractivity contribution in [2.75, 3.05) is 38.5 Å². The molecule has 21 heavy (non-hydrogen) atoms. The van der Waals surface area contributed by atoms with Gasteiger partial charge < -0.3 is 5.32 Å². The smallest absolute Gasteiger partial charge is 0.279 e. The van der Waals surface area contributed by atoms with Crippen molar-refractivity contribution in [3.63, 3.8) is 0 Å². The second-order valence-electron chi connectivity index (χ2n) is 5.99. The molecule has 0 aromatic carbocycles. The van der Waals surface area contributed by atoms with E-state index in [0.717, 1.165) is 32.4 Å². The van der Waals surface area contributed by atoms with Crippen LogP contribution < -0.4 is 10.0 Å². The monoisotopic (exact) mass is 335 g/mol. The summed E-state index contributed by atoms with van der Waals surface area (Å²) in [4.78, 5) is 0. The third-order valence-corrected chi connectivity index (χ3v) is 7.34. The summed E-state index contributed by atoms with van der Waals surface area (Å²) >= 11 is 1.91. The first-order valence-electron chi connectivity index (χ1n) is 8.19. The maximum Gasteiger partial charge on any atom is 0.279 e. The number of hydrogen-bond acceptors (Lipinski definition) is 4. The Labute approximate surface area is 133 Å². The maximum absolute atomic E-state index is 12.3. The quantitative estimate of drug-likeness (QED) is 0.739. The number of piperidine rings is 1. The van der Waals surface area contributed by atoms with E-state index < -0.39 is 10.2 Å². The van der Waals surface area contributed by atoms with Crippen LogP contribution in [-0.4, -0.2) is 56.4 Å². The lowest BCUT2D eigenvalue weighted by molar-refractivity contribution is 0.266. The zero-order valence-electron chi connectivity index (χ0n) is 13.0. The third kappa shape index (κ3) is 5.71. The predicted molar refractivity (Wildman–Crippen MR) is 89.9 cm³/mol. The van der Waals surface area contributed by atoms with E-state index in [1.54, 1.807) is 4.31 Å². The summed E-state index contributed by atoms with van der Waals surface area (Å²) in [5.74, 6) is 1.78. The topological polar surface area (TPSA) is 61.4 Å². The summed E-state index contributed by atoms with van der Waals surface area (Å²) in [5, 5.41) is 3.81. The molecule has 0 aliphatic carbocycles. The van der Waals surface area contributed by atoms with E-state index in [0.29, 0.717) is 30.8 Å². The fraction of sp³-hybridized carbons (Fsp3) is 1.00. The molecule has 2 N–H and O–H groups in total. The molecule has 5 nitrogen and oxygen atoms in total. The van der Waals surface area contributed by atoms with Crippen LogP contribution in [0.5, 0.6) is 0 Å². The molecule has 2 aliphatic heterocycles. The molecule has 1 atom stereocenters. The van der Waals surface area contributed by atoms with Gasteiger partial charge in [0.2, 0.25) is 0 Å². The molecule has 0 aromatic heterocycles. The van der Waals surface area contributed by atoms with Gasteiger partial charge in [-0.2, -0.15) is 24.5 Å². The summed E-state index contributed by atoms with van der Waals surface area (Å²) in [5.41, 5.74) is 0. The Balaban J connectivity index is 1.72.